The van der Waals surface area contributed by atoms with Gasteiger partial charge in [0.1, 0.15) is 29.5 Å². The third-order valence-corrected chi connectivity index (χ3v) is 23.0. The largest absolute Gasteiger partial charge is 1.00 e. The molecule has 13 rings (SSSR count). The standard InChI is InChI=1S/C17H22NO.C16H20NO.C14H21NO.C13H20N2O.C9H11Br.C8H9Br.C7H7Br.C4H7Br.C4H6O.C4H8O.C3H7Br.C2H5Br.2CH4.2Ru/c1-13-5-6-16-15(11-13)14(2)12-17(19-16)7-4-9-18(3)10-8-17;1-12-4-5-15-14(10-12)13(2)11-16(18-15)6-3-8-17-9-7-16;1-5-15(6-2)14(16)13-9-7-12(8-10-13)11(3)4;1-5-15(6-2)13(16)12-8-7-11(9-14-12)10(3)4;10-8-4-7-9-5-2-1-3-6-9;9-7-6-8-4-2-1-3-5-8;8-6-7-4-2-1-3-5-7;2*5-3-4-1-2-4;1-4(2)3-5;1-2-3-4;1-2-3;;;;/h5-6,12H,4,7-10H2,1-3H3;4-5,11,17H,3,6-9H2,1-2H3;7-11H,5-6H2,1-4H3;7-10H,5-6H2,1-4H3;1-3,5-6H,4,7-8H2;1-5H,6-7H2;1-5H,6H2;4H,1-3H2;3-4H,1-2H2;3-4H,1-2H3;2-3H2,1H3;2H2,1H3;2*1H4;;/q2*-1;;;;;;;;;;;;;2*+1. The molecule has 7 aromatic rings. The first kappa shape index (κ1) is 122. The van der Waals surface area contributed by atoms with Gasteiger partial charge in [-0.1, -0.05) is 315 Å². The van der Waals surface area contributed by atoms with Gasteiger partial charge in [0.05, 0.1) is 0 Å². The molecule has 6 aliphatic rings. The SMILES string of the molecule is BrCC1CC1.BrCCCc1ccccc1.BrCCc1ccccc1.BrCc1ccccc1.C.C.CC(C)C=O.CC1=CC2(CCCN(C)CC2)Oc2ccc(C)[c-]c21.CC1=CC2(CCCNCC2)Oc2ccc(C)[c-]c21.CCBr.CCCBr.CCN(CC)C(=O)c1ccc(C(C)C)cc1.CCN(CC)C(=O)c1ccc(C(C)C)cn1.O=CC1CC1.[Ru+].[Ru+]. The Bertz CT molecular complexity index is 3780. The Labute approximate surface area is 818 Å². The number of ether oxygens (including phenoxy) is 2. The molecule has 122 heavy (non-hydrogen) atoms. The fourth-order valence-corrected chi connectivity index (χ4v) is 13.9. The molecule has 2 atom stereocenters. The molecule has 19 heteroatoms. The van der Waals surface area contributed by atoms with E-state index < -0.39 is 0 Å². The summed E-state index contributed by atoms with van der Waals surface area (Å²) < 4.78 is 12.7. The van der Waals surface area contributed by atoms with Crippen LogP contribution in [-0.2, 0) is 66.7 Å². The van der Waals surface area contributed by atoms with Crippen molar-refractivity contribution < 1.29 is 67.6 Å². The molecule has 2 unspecified atom stereocenters. The monoisotopic (exact) mass is 2230 g/mol. The molecule has 682 valence electrons. The van der Waals surface area contributed by atoms with Crippen molar-refractivity contribution in [2.24, 2.45) is 17.8 Å². The minimum absolute atomic E-state index is 0. The van der Waals surface area contributed by atoms with E-state index in [2.05, 4.69) is 295 Å². The number of rotatable bonds is 18. The molecule has 0 bridgehead atoms. The van der Waals surface area contributed by atoms with Crippen LogP contribution in [0.2, 0.25) is 0 Å². The number of likely N-dealkylation sites (tertiary alicyclic amines) is 1. The smallest absolute Gasteiger partial charge is 0.528 e. The van der Waals surface area contributed by atoms with Crippen molar-refractivity contribution in [3.8, 4) is 11.5 Å². The average Bonchev–Trinajstić information content (AvgIpc) is 0.897. The number of nitrogens with one attached hydrogen (secondary N) is 1. The number of aldehydes is 2. The fraction of sp³-hybridized carbons (Fsp3) is 0.524. The Morgan fingerprint density at radius 2 is 0.984 bits per heavy atom. The van der Waals surface area contributed by atoms with Gasteiger partial charge in [0.2, 0.25) is 0 Å². The number of hydrogen-bond acceptors (Lipinski definition) is 9. The van der Waals surface area contributed by atoms with E-state index in [9.17, 15) is 19.2 Å². The summed E-state index contributed by atoms with van der Waals surface area (Å²) in [6, 6.07) is 58.2. The van der Waals surface area contributed by atoms with Crippen molar-refractivity contribution in [2.75, 3.05) is 86.1 Å². The minimum atomic E-state index is -0.0936. The summed E-state index contributed by atoms with van der Waals surface area (Å²) in [7, 11) is 2.20. The van der Waals surface area contributed by atoms with Crippen LogP contribution in [-0.4, -0.2) is 141 Å². The molecule has 2 amide bonds. The molecule has 2 saturated carbocycles. The molecule has 1 N–H and O–H groups in total. The van der Waals surface area contributed by atoms with Crippen molar-refractivity contribution in [3.05, 3.63) is 243 Å². The van der Waals surface area contributed by atoms with Gasteiger partial charge >= 0.3 is 39.0 Å². The van der Waals surface area contributed by atoms with Crippen molar-refractivity contribution in [2.45, 2.75) is 244 Å². The Balaban J connectivity index is -0.00000131. The van der Waals surface area contributed by atoms with E-state index in [-0.39, 0.29) is 82.7 Å². The van der Waals surface area contributed by atoms with Gasteiger partial charge in [-0.3, -0.25) is 14.6 Å². The van der Waals surface area contributed by atoms with Crippen molar-refractivity contribution >= 4 is 131 Å². The molecular formula is C103H151Br6N5O6Ru2. The number of aromatic nitrogens is 1. The summed E-state index contributed by atoms with van der Waals surface area (Å²) in [5.41, 5.74) is 15.0. The van der Waals surface area contributed by atoms with Crippen LogP contribution in [0.5, 0.6) is 11.5 Å². The minimum Gasteiger partial charge on any atom is -0.528 e. The third kappa shape index (κ3) is 51.8. The fourth-order valence-electron chi connectivity index (χ4n) is 12.2. The number of fused-ring (bicyclic) bond motifs is 2. The summed E-state index contributed by atoms with van der Waals surface area (Å²) in [6.45, 7) is 40.3. The van der Waals surface area contributed by atoms with Crippen LogP contribution in [0, 0.1) is 43.7 Å². The summed E-state index contributed by atoms with van der Waals surface area (Å²) in [5.74, 6) is 4.82. The maximum Gasteiger partial charge on any atom is 1.00 e. The average molecular weight is 2240 g/mol. The first-order valence-corrected chi connectivity index (χ1v) is 49.7. The number of allylic oxidation sites excluding steroid dienone is 2. The molecule has 2 saturated heterocycles. The van der Waals surface area contributed by atoms with Crippen LogP contribution in [0.25, 0.3) is 11.1 Å². The number of pyridine rings is 1. The molecule has 2 spiro atoms. The topological polar surface area (TPSA) is 121 Å². The first-order chi connectivity index (χ1) is 56.7. The number of halogens is 6. The van der Waals surface area contributed by atoms with Gasteiger partial charge in [0.15, 0.2) is 0 Å². The normalized spacial score (nSPS) is 15.8. The van der Waals surface area contributed by atoms with Gasteiger partial charge in [-0.05, 0) is 195 Å². The predicted octanol–water partition coefficient (Wildman–Crippen LogP) is 28.4. The zero-order chi connectivity index (χ0) is 87.7. The van der Waals surface area contributed by atoms with Gasteiger partial charge < -0.3 is 39.1 Å². The Morgan fingerprint density at radius 3 is 1.34 bits per heavy atom. The van der Waals surface area contributed by atoms with E-state index in [1.165, 1.54) is 101 Å². The Kier molecular flexibility index (Phi) is 72.8. The second-order valence-electron chi connectivity index (χ2n) is 31.1. The van der Waals surface area contributed by atoms with Crippen molar-refractivity contribution in [1.29, 1.82) is 0 Å². The zero-order valence-corrected chi connectivity index (χ0v) is 88.2. The van der Waals surface area contributed by atoms with Crippen molar-refractivity contribution in [3.63, 3.8) is 0 Å². The van der Waals surface area contributed by atoms with E-state index in [4.69, 9.17) is 9.47 Å². The second-order valence-corrected chi connectivity index (χ2v) is 35.8. The first-order valence-electron chi connectivity index (χ1n) is 43.0. The molecule has 5 heterocycles. The molecule has 11 nitrogen and oxygen atoms in total. The van der Waals surface area contributed by atoms with Crippen LogP contribution >= 0.6 is 95.6 Å². The van der Waals surface area contributed by atoms with E-state index in [0.717, 1.165) is 170 Å². The van der Waals surface area contributed by atoms with E-state index in [0.29, 0.717) is 23.4 Å². The maximum absolute atomic E-state index is 12.0. The third-order valence-electron chi connectivity index (χ3n) is 19.7. The predicted molar refractivity (Wildman–Crippen MR) is 540 cm³/mol. The van der Waals surface area contributed by atoms with Crippen molar-refractivity contribution in [1.82, 2.24) is 25.0 Å². The molecule has 1 aromatic heterocycles. The number of aryl methyl sites for hydroxylation is 4. The molecule has 2 aliphatic carbocycles. The number of carbonyl (C=O) groups is 4. The summed E-state index contributed by atoms with van der Waals surface area (Å²) in [6.07, 6.45) is 25.1. The molecular weight excluding hydrogens is 2080 g/mol. The van der Waals surface area contributed by atoms with Crippen LogP contribution in [0.15, 0.2) is 170 Å². The molecule has 2 radical (unpaired) electrons. The quantitative estimate of drug-likeness (QED) is 0.0387. The number of carbonyl (C=O) groups excluding carboxylic acids is 4. The van der Waals surface area contributed by atoms with E-state index in [1.807, 2.05) is 114 Å². The Morgan fingerprint density at radius 1 is 0.541 bits per heavy atom. The Hall–Kier alpha value is -4.12. The summed E-state index contributed by atoms with van der Waals surface area (Å²) in [4.78, 5) is 53.3. The van der Waals surface area contributed by atoms with Crippen LogP contribution < -0.4 is 14.8 Å². The second kappa shape index (κ2) is 72.7. The van der Waals surface area contributed by atoms with E-state index in [1.54, 1.807) is 11.1 Å². The molecule has 4 fully saturated rings. The maximum atomic E-state index is 12.0. The summed E-state index contributed by atoms with van der Waals surface area (Å²) in [5, 5.41) is 9.98. The van der Waals surface area contributed by atoms with Crippen LogP contribution in [0.4, 0.5) is 0 Å². The zero-order valence-electron chi connectivity index (χ0n) is 75.2. The number of hydrogen-bond donors (Lipinski definition) is 1. The van der Waals surface area contributed by atoms with Crippen LogP contribution in [0.3, 0.4) is 0 Å². The van der Waals surface area contributed by atoms with Gasteiger partial charge in [0, 0.05) is 113 Å². The van der Waals surface area contributed by atoms with Crippen LogP contribution in [0.1, 0.15) is 272 Å². The summed E-state index contributed by atoms with van der Waals surface area (Å²) >= 11 is 19.9. The number of benzene rings is 6. The molecule has 4 aliphatic heterocycles. The number of alkyl halides is 6. The number of nitrogens with zero attached hydrogens (tertiary/aromatic N) is 4. The molecule has 6 aromatic carbocycles. The van der Waals surface area contributed by atoms with Gasteiger partial charge in [-0.2, -0.15) is 0 Å². The van der Waals surface area contributed by atoms with Gasteiger partial charge in [0.25, 0.3) is 11.8 Å². The van der Waals surface area contributed by atoms with E-state index >= 15 is 0 Å². The van der Waals surface area contributed by atoms with Gasteiger partial charge in [-0.25, -0.2) is 0 Å². The number of amides is 2. The van der Waals surface area contributed by atoms with Gasteiger partial charge in [-0.15, -0.1) is 69.8 Å².